The Morgan fingerprint density at radius 1 is 0.917 bits per heavy atom. The molecule has 0 saturated heterocycles. The van der Waals surface area contributed by atoms with Gasteiger partial charge in [-0.05, 0) is 24.6 Å². The van der Waals surface area contributed by atoms with Crippen molar-refractivity contribution in [1.29, 1.82) is 0 Å². The molecular weight excluding hydrogens is 302 g/mol. The molecule has 0 saturated carbocycles. The molecule has 0 unspecified atom stereocenters. The summed E-state index contributed by atoms with van der Waals surface area (Å²) in [6.45, 7) is 3.09. The number of aryl methyl sites for hydroxylation is 1. The van der Waals surface area contributed by atoms with Gasteiger partial charge >= 0.3 is 0 Å². The maximum Gasteiger partial charge on any atom is 0.268 e. The molecule has 1 heterocycles. The summed E-state index contributed by atoms with van der Waals surface area (Å²) < 4.78 is 5.21. The fourth-order valence-corrected chi connectivity index (χ4v) is 2.68. The van der Waals surface area contributed by atoms with E-state index >= 15 is 0 Å². The number of imide groups is 1. The van der Waals surface area contributed by atoms with E-state index in [-0.39, 0.29) is 5.91 Å². The largest absolute Gasteiger partial charge is 0.469 e. The summed E-state index contributed by atoms with van der Waals surface area (Å²) in [4.78, 5) is 26.3. The zero-order chi connectivity index (χ0) is 17.1. The second-order valence-corrected chi connectivity index (χ2v) is 5.43. The molecule has 3 rings (SSSR count). The zero-order valence-electron chi connectivity index (χ0n) is 13.5. The van der Waals surface area contributed by atoms with Crippen molar-refractivity contribution < 1.29 is 14.0 Å². The standard InChI is InChI=1S/C20H17NO3/c1-14-17(12-13-24-14)20(23)21(15(2)22)19-11-7-6-10-18(19)16-8-4-3-5-9-16/h3-13H,1-2H3. The number of anilines is 1. The summed E-state index contributed by atoms with van der Waals surface area (Å²) in [5, 5.41) is 0. The maximum absolute atomic E-state index is 12.9. The second-order valence-electron chi connectivity index (χ2n) is 5.43. The number of furan rings is 1. The summed E-state index contributed by atoms with van der Waals surface area (Å²) in [6, 6.07) is 18.6. The van der Waals surface area contributed by atoms with Gasteiger partial charge in [0.25, 0.3) is 5.91 Å². The van der Waals surface area contributed by atoms with Crippen LogP contribution in [-0.2, 0) is 4.79 Å². The quantitative estimate of drug-likeness (QED) is 0.716. The first-order chi connectivity index (χ1) is 11.6. The van der Waals surface area contributed by atoms with E-state index in [0.717, 1.165) is 11.1 Å². The van der Waals surface area contributed by atoms with E-state index in [1.54, 1.807) is 19.1 Å². The minimum absolute atomic E-state index is 0.344. The lowest BCUT2D eigenvalue weighted by Gasteiger charge is -2.22. The molecule has 0 aliphatic rings. The summed E-state index contributed by atoms with van der Waals surface area (Å²) in [5.41, 5.74) is 2.70. The molecule has 0 spiro atoms. The van der Waals surface area contributed by atoms with Crippen LogP contribution >= 0.6 is 0 Å². The third kappa shape index (κ3) is 2.86. The highest BCUT2D eigenvalue weighted by molar-refractivity contribution is 6.22. The Morgan fingerprint density at radius 2 is 1.58 bits per heavy atom. The lowest BCUT2D eigenvalue weighted by Crippen LogP contribution is -2.35. The van der Waals surface area contributed by atoms with Crippen LogP contribution in [0.25, 0.3) is 11.1 Å². The Hall–Kier alpha value is -3.14. The fourth-order valence-electron chi connectivity index (χ4n) is 2.68. The highest BCUT2D eigenvalue weighted by atomic mass is 16.3. The van der Waals surface area contributed by atoms with Gasteiger partial charge in [-0.1, -0.05) is 48.5 Å². The molecule has 0 bridgehead atoms. The van der Waals surface area contributed by atoms with Crippen LogP contribution in [0.4, 0.5) is 5.69 Å². The first-order valence-electron chi connectivity index (χ1n) is 7.63. The molecule has 2 amide bonds. The van der Waals surface area contributed by atoms with Crippen LogP contribution in [0.1, 0.15) is 23.0 Å². The van der Waals surface area contributed by atoms with Gasteiger partial charge in [-0.3, -0.25) is 9.59 Å². The number of nitrogens with zero attached hydrogens (tertiary/aromatic N) is 1. The summed E-state index contributed by atoms with van der Waals surface area (Å²) in [6.07, 6.45) is 1.45. The van der Waals surface area contributed by atoms with Gasteiger partial charge in [0, 0.05) is 12.5 Å². The number of amides is 2. The van der Waals surface area contributed by atoms with Gasteiger partial charge in [-0.25, -0.2) is 4.90 Å². The number of carbonyl (C=O) groups is 2. The Balaban J connectivity index is 2.13. The first-order valence-corrected chi connectivity index (χ1v) is 7.63. The average molecular weight is 319 g/mol. The summed E-state index contributed by atoms with van der Waals surface area (Å²) in [5.74, 6) is -0.246. The lowest BCUT2D eigenvalue weighted by atomic mass is 10.0. The maximum atomic E-state index is 12.9. The number of para-hydroxylation sites is 1. The zero-order valence-corrected chi connectivity index (χ0v) is 13.5. The third-order valence-corrected chi connectivity index (χ3v) is 3.84. The van der Waals surface area contributed by atoms with Crippen LogP contribution in [0.5, 0.6) is 0 Å². The van der Waals surface area contributed by atoms with Gasteiger partial charge in [-0.15, -0.1) is 0 Å². The van der Waals surface area contributed by atoms with E-state index in [1.165, 1.54) is 18.1 Å². The predicted octanol–water partition coefficient (Wildman–Crippen LogP) is 4.45. The molecule has 0 atom stereocenters. The molecule has 4 heteroatoms. The van der Waals surface area contributed by atoms with Crippen molar-refractivity contribution in [2.24, 2.45) is 0 Å². The molecule has 4 nitrogen and oxygen atoms in total. The predicted molar refractivity (Wildman–Crippen MR) is 92.8 cm³/mol. The highest BCUT2D eigenvalue weighted by Crippen LogP contribution is 2.32. The minimum Gasteiger partial charge on any atom is -0.469 e. The molecular formula is C20H17NO3. The SMILES string of the molecule is CC(=O)N(C(=O)c1ccoc1C)c1ccccc1-c1ccccc1. The Labute approximate surface area is 140 Å². The molecule has 2 aromatic carbocycles. The van der Waals surface area contributed by atoms with E-state index in [4.69, 9.17) is 4.42 Å². The third-order valence-electron chi connectivity index (χ3n) is 3.84. The minimum atomic E-state index is -0.392. The smallest absolute Gasteiger partial charge is 0.268 e. The van der Waals surface area contributed by atoms with Gasteiger partial charge in [0.1, 0.15) is 5.76 Å². The fraction of sp³-hybridized carbons (Fsp3) is 0.100. The number of hydrogen-bond donors (Lipinski definition) is 0. The first kappa shape index (κ1) is 15.7. The van der Waals surface area contributed by atoms with Crippen molar-refractivity contribution in [3.05, 3.63) is 78.3 Å². The summed E-state index contributed by atoms with van der Waals surface area (Å²) >= 11 is 0. The van der Waals surface area contributed by atoms with Gasteiger partial charge < -0.3 is 4.42 Å². The van der Waals surface area contributed by atoms with Crippen molar-refractivity contribution in [1.82, 2.24) is 0 Å². The number of rotatable bonds is 3. The number of carbonyl (C=O) groups excluding carboxylic acids is 2. The lowest BCUT2D eigenvalue weighted by molar-refractivity contribution is -0.115. The van der Waals surface area contributed by atoms with Crippen molar-refractivity contribution in [3.63, 3.8) is 0 Å². The van der Waals surface area contributed by atoms with Crippen LogP contribution < -0.4 is 4.90 Å². The molecule has 1 aromatic heterocycles. The van der Waals surface area contributed by atoms with Crippen LogP contribution in [-0.4, -0.2) is 11.8 Å². The Bertz CT molecular complexity index is 881. The molecule has 0 aliphatic heterocycles. The van der Waals surface area contributed by atoms with E-state index in [1.807, 2.05) is 48.5 Å². The Morgan fingerprint density at radius 3 is 2.21 bits per heavy atom. The van der Waals surface area contributed by atoms with Crippen molar-refractivity contribution in [2.75, 3.05) is 4.90 Å². The molecule has 0 fully saturated rings. The highest BCUT2D eigenvalue weighted by Gasteiger charge is 2.26. The van der Waals surface area contributed by atoms with Crippen molar-refractivity contribution >= 4 is 17.5 Å². The molecule has 3 aromatic rings. The normalized spacial score (nSPS) is 10.4. The molecule has 24 heavy (non-hydrogen) atoms. The van der Waals surface area contributed by atoms with E-state index in [9.17, 15) is 9.59 Å². The number of benzene rings is 2. The molecule has 0 radical (unpaired) electrons. The van der Waals surface area contributed by atoms with E-state index in [2.05, 4.69) is 0 Å². The van der Waals surface area contributed by atoms with Gasteiger partial charge in [-0.2, -0.15) is 0 Å². The topological polar surface area (TPSA) is 50.5 Å². The number of hydrogen-bond acceptors (Lipinski definition) is 3. The molecule has 0 aliphatic carbocycles. The van der Waals surface area contributed by atoms with Gasteiger partial charge in [0.05, 0.1) is 17.5 Å². The molecule has 0 N–H and O–H groups in total. The second kappa shape index (κ2) is 6.54. The van der Waals surface area contributed by atoms with E-state index < -0.39 is 5.91 Å². The molecule has 120 valence electrons. The average Bonchev–Trinajstić information content (AvgIpc) is 3.02. The Kier molecular flexibility index (Phi) is 4.29. The van der Waals surface area contributed by atoms with E-state index in [0.29, 0.717) is 17.0 Å². The monoisotopic (exact) mass is 319 g/mol. The van der Waals surface area contributed by atoms with Crippen molar-refractivity contribution in [2.45, 2.75) is 13.8 Å². The van der Waals surface area contributed by atoms with Crippen LogP contribution in [0.15, 0.2) is 71.3 Å². The van der Waals surface area contributed by atoms with Crippen LogP contribution in [0.3, 0.4) is 0 Å². The van der Waals surface area contributed by atoms with Gasteiger partial charge in [0.2, 0.25) is 5.91 Å². The van der Waals surface area contributed by atoms with Crippen LogP contribution in [0.2, 0.25) is 0 Å². The van der Waals surface area contributed by atoms with Crippen molar-refractivity contribution in [3.8, 4) is 11.1 Å². The summed E-state index contributed by atoms with van der Waals surface area (Å²) in [7, 11) is 0. The van der Waals surface area contributed by atoms with Gasteiger partial charge in [0.15, 0.2) is 0 Å². The van der Waals surface area contributed by atoms with Crippen LogP contribution in [0, 0.1) is 6.92 Å².